The van der Waals surface area contributed by atoms with Gasteiger partial charge < -0.3 is 31.3 Å². The van der Waals surface area contributed by atoms with Crippen LogP contribution >= 0.6 is 0 Å². The molecule has 11 heavy (non-hydrogen) atoms. The molecule has 0 aliphatic heterocycles. The van der Waals surface area contributed by atoms with Crippen LogP contribution in [0, 0.1) is 0 Å². The fourth-order valence-electron chi connectivity index (χ4n) is 0. The Bertz CT molecular complexity index is 105. The molecule has 0 aromatic carbocycles. The summed E-state index contributed by atoms with van der Waals surface area (Å²) in [6.45, 7) is -0.778. The van der Waals surface area contributed by atoms with E-state index in [0.29, 0.717) is 0 Å². The zero-order chi connectivity index (χ0) is 8.57. The van der Waals surface area contributed by atoms with Gasteiger partial charge in [-0.25, -0.2) is 0 Å². The fraction of sp³-hybridized carbons (Fsp3) is 0.500. The van der Waals surface area contributed by atoms with Crippen LogP contribution in [0.5, 0.6) is 0 Å². The Morgan fingerprint density at radius 3 is 1.09 bits per heavy atom. The number of hydrogen-bond acceptors (Lipinski definition) is 6. The molecule has 0 unspecified atom stereocenters. The molecule has 0 aliphatic rings. The minimum absolute atomic E-state index is 0. The first-order valence-electron chi connectivity index (χ1n) is 2.34. The molecule has 0 rings (SSSR count). The second kappa shape index (κ2) is 12.1. The van der Waals surface area contributed by atoms with Crippen LogP contribution in [0.25, 0.3) is 0 Å². The quantitative estimate of drug-likeness (QED) is 0.442. The van der Waals surface area contributed by atoms with E-state index in [2.05, 4.69) is 11.5 Å². The number of carbonyl (C=O) groups is 2. The van der Waals surface area contributed by atoms with Crippen LogP contribution < -0.4 is 21.7 Å². The predicted octanol–water partition coefficient (Wildman–Crippen LogP) is -4.61. The molecule has 0 aliphatic carbocycles. The predicted molar refractivity (Wildman–Crippen MR) is 28.1 cm³/mol. The van der Waals surface area contributed by atoms with Crippen LogP contribution in [0.1, 0.15) is 0 Å². The van der Waals surface area contributed by atoms with Crippen LogP contribution in [0.2, 0.25) is 0 Å². The third kappa shape index (κ3) is 44.7. The first-order valence-corrected chi connectivity index (χ1v) is 2.34. The zero-order valence-corrected chi connectivity index (χ0v) is 6.45. The monoisotopic (exact) mass is 211 g/mol. The van der Waals surface area contributed by atoms with Crippen LogP contribution in [0.3, 0.4) is 0 Å². The molecule has 0 fully saturated rings. The summed E-state index contributed by atoms with van der Waals surface area (Å²) < 4.78 is 0. The molecule has 0 aromatic heterocycles. The van der Waals surface area contributed by atoms with Gasteiger partial charge in [-0.15, -0.1) is 0 Å². The van der Waals surface area contributed by atoms with Gasteiger partial charge in [-0.1, -0.05) is 0 Å². The Labute approximate surface area is 74.0 Å². The third-order valence-corrected chi connectivity index (χ3v) is 0.333. The van der Waals surface area contributed by atoms with Crippen molar-refractivity contribution in [3.8, 4) is 0 Å². The van der Waals surface area contributed by atoms with Crippen molar-refractivity contribution in [2.45, 2.75) is 0 Å². The van der Waals surface area contributed by atoms with E-state index >= 15 is 0 Å². The normalized spacial score (nSPS) is 6.73. The van der Waals surface area contributed by atoms with E-state index in [1.54, 1.807) is 0 Å². The van der Waals surface area contributed by atoms with Gasteiger partial charge in [0.1, 0.15) is 0 Å². The average Bonchev–Trinajstić information content (AvgIpc) is 1.89. The summed E-state index contributed by atoms with van der Waals surface area (Å²) in [5.41, 5.74) is 9.02. The summed E-state index contributed by atoms with van der Waals surface area (Å²) in [6, 6.07) is 0. The summed E-state index contributed by atoms with van der Waals surface area (Å²) in [6.07, 6.45) is 0. The SMILES string of the molecule is NCC(=O)[O-].NCC(=O)[O-].[Cu+2]. The molecule has 0 spiro atoms. The Balaban J connectivity index is -0.000000107. The Morgan fingerprint density at radius 1 is 1.00 bits per heavy atom. The van der Waals surface area contributed by atoms with E-state index in [9.17, 15) is 0 Å². The van der Waals surface area contributed by atoms with Crippen molar-refractivity contribution in [1.82, 2.24) is 0 Å². The number of aliphatic carboxylic acids is 2. The van der Waals surface area contributed by atoms with Gasteiger partial charge in [0.15, 0.2) is 0 Å². The smallest absolute Gasteiger partial charge is 0.549 e. The molecule has 6 nitrogen and oxygen atoms in total. The molecule has 0 amide bonds. The van der Waals surface area contributed by atoms with E-state index in [1.807, 2.05) is 0 Å². The maximum Gasteiger partial charge on any atom is 2.00 e. The maximum atomic E-state index is 9.13. The van der Waals surface area contributed by atoms with Gasteiger partial charge in [-0.3, -0.25) is 0 Å². The molecule has 1 radical (unpaired) electrons. The zero-order valence-electron chi connectivity index (χ0n) is 5.50. The molecule has 69 valence electrons. The maximum absolute atomic E-state index is 9.13. The number of carboxylic acid groups (broad SMARTS) is 2. The topological polar surface area (TPSA) is 132 Å². The van der Waals surface area contributed by atoms with Gasteiger partial charge in [0, 0.05) is 13.1 Å². The number of rotatable bonds is 2. The number of carbonyl (C=O) groups excluding carboxylic acids is 2. The summed E-state index contributed by atoms with van der Waals surface area (Å²) in [4.78, 5) is 18.3. The molecular formula is C4H8CuN2O4. The van der Waals surface area contributed by atoms with Crippen LogP contribution in [0.15, 0.2) is 0 Å². The van der Waals surface area contributed by atoms with Gasteiger partial charge in [0.25, 0.3) is 0 Å². The van der Waals surface area contributed by atoms with Crippen molar-refractivity contribution in [3.05, 3.63) is 0 Å². The summed E-state index contributed by atoms with van der Waals surface area (Å²) in [5.74, 6) is -2.44. The molecule has 0 heterocycles. The summed E-state index contributed by atoms with van der Waals surface area (Å²) in [7, 11) is 0. The standard InChI is InChI=1S/2C2H5NO2.Cu/c2*3-1-2(4)5;/h2*1,3H2,(H,4,5);/q;;+2/p-2. The third-order valence-electron chi connectivity index (χ3n) is 0.333. The van der Waals surface area contributed by atoms with E-state index in [-0.39, 0.29) is 30.2 Å². The molecule has 0 bridgehead atoms. The number of hydrogen-bond donors (Lipinski definition) is 2. The van der Waals surface area contributed by atoms with Gasteiger partial charge in [-0.05, 0) is 0 Å². The summed E-state index contributed by atoms with van der Waals surface area (Å²) in [5, 5.41) is 18.3. The van der Waals surface area contributed by atoms with Crippen LogP contribution in [0.4, 0.5) is 0 Å². The Hall–Kier alpha value is -0.621. The molecular weight excluding hydrogens is 204 g/mol. The molecule has 0 saturated carbocycles. The van der Waals surface area contributed by atoms with Gasteiger partial charge in [0.05, 0.1) is 11.9 Å². The molecule has 0 saturated heterocycles. The van der Waals surface area contributed by atoms with Crippen molar-refractivity contribution >= 4 is 11.9 Å². The van der Waals surface area contributed by atoms with Gasteiger partial charge >= 0.3 is 17.1 Å². The Kier molecular flexibility index (Phi) is 18.4. The first kappa shape index (κ1) is 16.8. The molecule has 7 heteroatoms. The molecule has 0 aromatic rings. The Morgan fingerprint density at radius 2 is 1.09 bits per heavy atom. The van der Waals surface area contributed by atoms with Crippen molar-refractivity contribution in [1.29, 1.82) is 0 Å². The van der Waals surface area contributed by atoms with Crippen molar-refractivity contribution in [2.24, 2.45) is 11.5 Å². The van der Waals surface area contributed by atoms with E-state index in [4.69, 9.17) is 19.8 Å². The minimum Gasteiger partial charge on any atom is -0.549 e. The van der Waals surface area contributed by atoms with E-state index in [1.165, 1.54) is 0 Å². The van der Waals surface area contributed by atoms with Crippen molar-refractivity contribution in [3.63, 3.8) is 0 Å². The average molecular weight is 212 g/mol. The van der Waals surface area contributed by atoms with Gasteiger partial charge in [0.2, 0.25) is 0 Å². The fourth-order valence-corrected chi connectivity index (χ4v) is 0. The van der Waals surface area contributed by atoms with Crippen LogP contribution in [-0.2, 0) is 26.7 Å². The van der Waals surface area contributed by atoms with E-state index in [0.717, 1.165) is 0 Å². The van der Waals surface area contributed by atoms with Crippen molar-refractivity contribution in [2.75, 3.05) is 13.1 Å². The van der Waals surface area contributed by atoms with Gasteiger partial charge in [-0.2, -0.15) is 0 Å². The molecule has 4 N–H and O–H groups in total. The van der Waals surface area contributed by atoms with Crippen molar-refractivity contribution < 1.29 is 36.9 Å². The second-order valence-electron chi connectivity index (χ2n) is 1.15. The number of carboxylic acids is 2. The second-order valence-corrected chi connectivity index (χ2v) is 1.15. The first-order chi connectivity index (χ1) is 4.54. The number of nitrogens with two attached hydrogens (primary N) is 2. The molecule has 0 atom stereocenters. The summed E-state index contributed by atoms with van der Waals surface area (Å²) >= 11 is 0. The van der Waals surface area contributed by atoms with Crippen LogP contribution in [-0.4, -0.2) is 25.0 Å². The largest absolute Gasteiger partial charge is 2.00 e. The van der Waals surface area contributed by atoms with E-state index < -0.39 is 11.9 Å². The minimum atomic E-state index is -1.22.